The van der Waals surface area contributed by atoms with Gasteiger partial charge in [0, 0.05) is 24.9 Å². The first kappa shape index (κ1) is 25.1. The normalized spacial score (nSPS) is 11.0. The van der Waals surface area contributed by atoms with Crippen LogP contribution in [0, 0.1) is 0 Å². The molecule has 1 saturated heterocycles. The van der Waals surface area contributed by atoms with Crippen molar-refractivity contribution >= 4 is 17.8 Å². The molecule has 0 atom stereocenters. The van der Waals surface area contributed by atoms with Gasteiger partial charge in [-0.05, 0) is 20.3 Å². The minimum absolute atomic E-state index is 0. The molecule has 0 spiro atoms. The van der Waals surface area contributed by atoms with Gasteiger partial charge in [-0.15, -0.1) is 0 Å². The van der Waals surface area contributed by atoms with Crippen molar-refractivity contribution in [2.24, 2.45) is 0 Å². The van der Waals surface area contributed by atoms with E-state index in [4.69, 9.17) is 19.8 Å². The number of rotatable bonds is 0. The van der Waals surface area contributed by atoms with Crippen LogP contribution in [-0.4, -0.2) is 24.4 Å². The number of hydrogen-bond donors (Lipinski definition) is 1. The van der Waals surface area contributed by atoms with Crippen molar-refractivity contribution in [2.75, 3.05) is 6.54 Å². The Morgan fingerprint density at radius 3 is 1.56 bits per heavy atom. The summed E-state index contributed by atoms with van der Waals surface area (Å²) < 4.78 is 0. The molecule has 1 N–H and O–H groups in total. The molecule has 8 heteroatoms. The van der Waals surface area contributed by atoms with Crippen molar-refractivity contribution in [3.05, 3.63) is 0 Å². The van der Waals surface area contributed by atoms with Crippen LogP contribution < -0.4 is 69.1 Å². The first-order valence-corrected chi connectivity index (χ1v) is 3.98. The van der Waals surface area contributed by atoms with Crippen LogP contribution in [0.4, 0.5) is 0 Å². The Labute approximate surface area is 133 Å². The molecule has 1 aliphatic heterocycles. The van der Waals surface area contributed by atoms with E-state index in [1.807, 2.05) is 0 Å². The zero-order valence-electron chi connectivity index (χ0n) is 9.61. The van der Waals surface area contributed by atoms with Crippen LogP contribution in [0.2, 0.25) is 0 Å². The standard InChI is InChI=1S/C4H7NO.2C2H4O2.H2I.Na/c6-4-2-1-3-5-4;2*1-2(3)4;;/h1-3H2,(H,5,6);2*1H3,(H,3,4);1H2;/q;;;2*+1/p-2. The van der Waals surface area contributed by atoms with Crippen LogP contribution in [0.3, 0.4) is 0 Å². The number of nitrogens with one attached hydrogen (secondary N) is 1. The molecule has 1 aliphatic rings. The van der Waals surface area contributed by atoms with Gasteiger partial charge in [-0.25, -0.2) is 0 Å². The number of hydrogen-bond acceptors (Lipinski definition) is 5. The fourth-order valence-electron chi connectivity index (χ4n) is 0.565. The fraction of sp³-hybridized carbons (Fsp3) is 0.625. The summed E-state index contributed by atoms with van der Waals surface area (Å²) in [5, 5.41) is 20.5. The van der Waals surface area contributed by atoms with Gasteiger partial charge >= 0.3 is 29.6 Å². The third-order valence-electron chi connectivity index (χ3n) is 0.903. The van der Waals surface area contributed by atoms with E-state index in [1.165, 1.54) is 0 Å². The Kier molecular flexibility index (Phi) is 27.5. The van der Waals surface area contributed by atoms with E-state index < -0.39 is 11.9 Å². The molecule has 90 valence electrons. The van der Waals surface area contributed by atoms with E-state index in [-0.39, 0.29) is 59.4 Å². The molecule has 1 fully saturated rings. The zero-order chi connectivity index (χ0) is 11.6. The summed E-state index contributed by atoms with van der Waals surface area (Å²) in [6.45, 7) is 2.83. The van der Waals surface area contributed by atoms with Crippen molar-refractivity contribution in [1.29, 1.82) is 0 Å². The molecule has 0 bridgehead atoms. The minimum atomic E-state index is -1.08. The van der Waals surface area contributed by atoms with Crippen LogP contribution in [0.15, 0.2) is 0 Å². The summed E-state index contributed by atoms with van der Waals surface area (Å²) >= 11 is 0. The first-order valence-electron chi connectivity index (χ1n) is 3.98. The van der Waals surface area contributed by atoms with E-state index >= 15 is 0 Å². The topological polar surface area (TPSA) is 109 Å². The fourth-order valence-corrected chi connectivity index (χ4v) is 0.565. The van der Waals surface area contributed by atoms with Gasteiger partial charge in [0.1, 0.15) is 0 Å². The number of carbonyl (C=O) groups excluding carboxylic acids is 3. The molecule has 0 saturated carbocycles. The second kappa shape index (κ2) is 17.5. The van der Waals surface area contributed by atoms with Crippen LogP contribution >= 0.6 is 0 Å². The number of aliphatic carboxylic acids is 2. The van der Waals surface area contributed by atoms with Crippen molar-refractivity contribution in [2.45, 2.75) is 26.7 Å². The number of carbonyl (C=O) groups is 3. The molecular weight excluding hydrogens is 340 g/mol. The number of carboxylic acids is 2. The van der Waals surface area contributed by atoms with Gasteiger partial charge in [-0.1, -0.05) is 0 Å². The van der Waals surface area contributed by atoms with Gasteiger partial charge in [0.05, 0.1) is 0 Å². The molecule has 0 radical (unpaired) electrons. The quantitative estimate of drug-likeness (QED) is 0.343. The monoisotopic (exact) mass is 355 g/mol. The average Bonchev–Trinajstić information content (AvgIpc) is 2.36. The van der Waals surface area contributed by atoms with Crippen molar-refractivity contribution in [3.63, 3.8) is 0 Å². The molecule has 1 rings (SSSR count). The van der Waals surface area contributed by atoms with E-state index in [0.29, 0.717) is 0 Å². The molecule has 0 aromatic heterocycles. The summed E-state index contributed by atoms with van der Waals surface area (Å²) in [6, 6.07) is 0. The molecule has 1 heterocycles. The van der Waals surface area contributed by atoms with Gasteiger partial charge < -0.3 is 25.1 Å². The van der Waals surface area contributed by atoms with E-state index in [9.17, 15) is 4.79 Å². The Morgan fingerprint density at radius 2 is 1.50 bits per heavy atom. The Balaban J connectivity index is -0.0000000660. The molecule has 6 nitrogen and oxygen atoms in total. The smallest absolute Gasteiger partial charge is 0.550 e. The van der Waals surface area contributed by atoms with Gasteiger partial charge in [-0.3, -0.25) is 4.79 Å². The van der Waals surface area contributed by atoms with E-state index in [2.05, 4.69) is 5.32 Å². The van der Waals surface area contributed by atoms with Crippen LogP contribution in [0.1, 0.15) is 26.7 Å². The third-order valence-corrected chi connectivity index (χ3v) is 0.903. The summed E-state index contributed by atoms with van der Waals surface area (Å²) in [5.41, 5.74) is 0. The number of carboxylic acid groups (broad SMARTS) is 2. The molecular formula is C8H15INNaO5. The maximum atomic E-state index is 10.1. The molecule has 1 amide bonds. The Hall–Kier alpha value is 0.140. The minimum Gasteiger partial charge on any atom is -0.550 e. The van der Waals surface area contributed by atoms with Crippen molar-refractivity contribution in [3.8, 4) is 0 Å². The van der Waals surface area contributed by atoms with Crippen molar-refractivity contribution in [1.82, 2.24) is 5.32 Å². The maximum absolute atomic E-state index is 10.1. The zero-order valence-corrected chi connectivity index (χ0v) is 14.2. The third kappa shape index (κ3) is 47.9. The summed E-state index contributed by atoms with van der Waals surface area (Å²) in [4.78, 5) is 27.9. The number of halogens is 1. The molecule has 0 aromatic rings. The predicted molar refractivity (Wildman–Crippen MR) is 46.4 cm³/mol. The Morgan fingerprint density at radius 1 is 1.19 bits per heavy atom. The Bertz CT molecular complexity index is 185. The van der Waals surface area contributed by atoms with Gasteiger partial charge in [-0.2, -0.15) is 0 Å². The van der Waals surface area contributed by atoms with Crippen LogP contribution in [0.25, 0.3) is 0 Å². The summed E-state index contributed by atoms with van der Waals surface area (Å²) in [7, 11) is 0. The molecule has 0 unspecified atom stereocenters. The summed E-state index contributed by atoms with van der Waals surface area (Å²) in [6.07, 6.45) is 1.76. The van der Waals surface area contributed by atoms with Crippen LogP contribution in [-0.2, 0) is 14.4 Å². The molecule has 16 heavy (non-hydrogen) atoms. The number of amides is 1. The van der Waals surface area contributed by atoms with Gasteiger partial charge in [0.25, 0.3) is 0 Å². The SMILES string of the molecule is CC(=O)[O-].CC(=O)[O-].O=C1CCCN1.[IH2+].[Na+]. The molecule has 0 aromatic carbocycles. The largest absolute Gasteiger partial charge is 1.00 e. The maximum Gasteiger partial charge on any atom is 1.00 e. The average molecular weight is 355 g/mol. The van der Waals surface area contributed by atoms with Gasteiger partial charge in [0.15, 0.2) is 0 Å². The van der Waals surface area contributed by atoms with Gasteiger partial charge in [0.2, 0.25) is 29.9 Å². The second-order valence-electron chi connectivity index (χ2n) is 2.44. The first-order chi connectivity index (χ1) is 6.36. The summed E-state index contributed by atoms with van der Waals surface area (Å²) in [5.74, 6) is -1.96. The second-order valence-corrected chi connectivity index (χ2v) is 2.44. The molecule has 0 aliphatic carbocycles. The van der Waals surface area contributed by atoms with Crippen LogP contribution in [0.5, 0.6) is 0 Å². The van der Waals surface area contributed by atoms with E-state index in [1.54, 1.807) is 0 Å². The predicted octanol–water partition coefficient (Wildman–Crippen LogP) is -9.12. The van der Waals surface area contributed by atoms with E-state index in [0.717, 1.165) is 33.2 Å². The van der Waals surface area contributed by atoms with Crippen molar-refractivity contribution < 1.29 is 78.1 Å².